The van der Waals surface area contributed by atoms with E-state index in [1.54, 1.807) is 84.9 Å². The predicted molar refractivity (Wildman–Crippen MR) is 144 cm³/mol. The van der Waals surface area contributed by atoms with E-state index in [1.807, 2.05) is 0 Å². The zero-order valence-electron chi connectivity index (χ0n) is 20.5. The Kier molecular flexibility index (Phi) is 6.34. The number of benzene rings is 4. The smallest absolute Gasteiger partial charge is 0.264 e. The van der Waals surface area contributed by atoms with E-state index >= 15 is 0 Å². The summed E-state index contributed by atoms with van der Waals surface area (Å²) in [6.45, 7) is 0. The average Bonchev–Trinajstić information content (AvgIpc) is 3.05. The van der Waals surface area contributed by atoms with E-state index in [-0.39, 0.29) is 21.1 Å². The fourth-order valence-corrected chi connectivity index (χ4v) is 7.48. The molecule has 0 bridgehead atoms. The lowest BCUT2D eigenvalue weighted by Crippen LogP contribution is -2.26. The molecule has 194 valence electrons. The Morgan fingerprint density at radius 1 is 0.579 bits per heavy atom. The SMILES string of the molecule is CN1c2ccccc2C(=O)c2ccccc2S1(=O)=O.CN1c2ccccc2C(O)c2ccccc2S1(=O)=O. The topological polar surface area (TPSA) is 112 Å². The van der Waals surface area contributed by atoms with E-state index in [2.05, 4.69) is 0 Å². The molecule has 1 N–H and O–H groups in total. The van der Waals surface area contributed by atoms with Crippen molar-refractivity contribution in [3.8, 4) is 0 Å². The molecule has 2 heterocycles. The number of nitrogens with zero attached hydrogens (tertiary/aromatic N) is 2. The molecule has 0 spiro atoms. The number of para-hydroxylation sites is 2. The molecule has 38 heavy (non-hydrogen) atoms. The van der Waals surface area contributed by atoms with E-state index < -0.39 is 26.2 Å². The first kappa shape index (κ1) is 25.7. The van der Waals surface area contributed by atoms with Crippen LogP contribution in [0.15, 0.2) is 107 Å². The minimum atomic E-state index is -3.69. The van der Waals surface area contributed by atoms with Gasteiger partial charge in [-0.15, -0.1) is 0 Å². The Bertz CT molecular complexity index is 1780. The van der Waals surface area contributed by atoms with Crippen LogP contribution in [-0.4, -0.2) is 41.8 Å². The van der Waals surface area contributed by atoms with Gasteiger partial charge in [0.25, 0.3) is 20.0 Å². The van der Waals surface area contributed by atoms with Crippen molar-refractivity contribution in [2.75, 3.05) is 22.7 Å². The van der Waals surface area contributed by atoms with E-state index in [0.29, 0.717) is 28.1 Å². The van der Waals surface area contributed by atoms with Crippen molar-refractivity contribution < 1.29 is 26.7 Å². The van der Waals surface area contributed by atoms with Gasteiger partial charge in [0, 0.05) is 36.3 Å². The summed E-state index contributed by atoms with van der Waals surface area (Å²) in [5.41, 5.74) is 2.55. The average molecular weight is 549 g/mol. The van der Waals surface area contributed by atoms with Crippen molar-refractivity contribution in [2.45, 2.75) is 15.9 Å². The number of fused-ring (bicyclic) bond motifs is 4. The number of hydrogen-bond acceptors (Lipinski definition) is 6. The molecule has 1 unspecified atom stereocenters. The van der Waals surface area contributed by atoms with Gasteiger partial charge in [-0.05, 0) is 36.4 Å². The lowest BCUT2D eigenvalue weighted by molar-refractivity contribution is 0.103. The highest BCUT2D eigenvalue weighted by molar-refractivity contribution is 7.93. The van der Waals surface area contributed by atoms with Gasteiger partial charge in [0.2, 0.25) is 0 Å². The van der Waals surface area contributed by atoms with E-state index in [9.17, 15) is 26.7 Å². The molecule has 4 aromatic rings. The Balaban J connectivity index is 0.000000155. The van der Waals surface area contributed by atoms with Crippen molar-refractivity contribution in [2.24, 2.45) is 0 Å². The van der Waals surface area contributed by atoms with Crippen LogP contribution < -0.4 is 8.61 Å². The monoisotopic (exact) mass is 548 g/mol. The quantitative estimate of drug-likeness (QED) is 0.356. The first-order chi connectivity index (χ1) is 18.1. The zero-order chi connectivity index (χ0) is 27.2. The molecule has 0 saturated heterocycles. The van der Waals surface area contributed by atoms with Gasteiger partial charge in [-0.2, -0.15) is 0 Å². The molecule has 2 aliphatic rings. The minimum absolute atomic E-state index is 0.0544. The number of rotatable bonds is 0. The molecule has 0 fully saturated rings. The first-order valence-corrected chi connectivity index (χ1v) is 14.5. The molecule has 0 aliphatic carbocycles. The van der Waals surface area contributed by atoms with Crippen LogP contribution >= 0.6 is 0 Å². The largest absolute Gasteiger partial charge is 0.384 e. The molecule has 4 aromatic carbocycles. The van der Waals surface area contributed by atoms with Crippen molar-refractivity contribution in [1.82, 2.24) is 0 Å². The number of sulfonamides is 2. The Morgan fingerprint density at radius 3 is 1.71 bits per heavy atom. The molecule has 6 rings (SSSR count). The Hall–Kier alpha value is -3.99. The van der Waals surface area contributed by atoms with Gasteiger partial charge in [0.15, 0.2) is 5.78 Å². The number of aliphatic hydroxyl groups is 1. The Labute approximate surface area is 221 Å². The van der Waals surface area contributed by atoms with Crippen LogP contribution in [0.1, 0.15) is 33.2 Å². The maximum Gasteiger partial charge on any atom is 0.264 e. The van der Waals surface area contributed by atoms with Gasteiger partial charge in [-0.3, -0.25) is 13.4 Å². The van der Waals surface area contributed by atoms with Crippen LogP contribution in [0.3, 0.4) is 0 Å². The molecule has 0 aromatic heterocycles. The number of carbonyl (C=O) groups excluding carboxylic acids is 1. The summed E-state index contributed by atoms with van der Waals surface area (Å²) in [4.78, 5) is 12.7. The van der Waals surface area contributed by atoms with Crippen LogP contribution in [0.2, 0.25) is 0 Å². The van der Waals surface area contributed by atoms with Crippen molar-refractivity contribution >= 4 is 37.2 Å². The third-order valence-corrected chi connectivity index (χ3v) is 10.4. The minimum Gasteiger partial charge on any atom is -0.384 e. The fraction of sp³-hybridized carbons (Fsp3) is 0.107. The van der Waals surface area contributed by atoms with Gasteiger partial charge in [-0.1, -0.05) is 60.7 Å². The van der Waals surface area contributed by atoms with Crippen LogP contribution in [0.5, 0.6) is 0 Å². The molecule has 1 atom stereocenters. The second-order valence-electron chi connectivity index (χ2n) is 8.79. The highest BCUT2D eigenvalue weighted by Gasteiger charge is 2.34. The molecule has 0 saturated carbocycles. The predicted octanol–water partition coefficient (Wildman–Crippen LogP) is 3.96. The number of carbonyl (C=O) groups is 1. The van der Waals surface area contributed by atoms with Gasteiger partial charge in [0.05, 0.1) is 21.2 Å². The summed E-state index contributed by atoms with van der Waals surface area (Å²) >= 11 is 0. The number of hydrogen-bond donors (Lipinski definition) is 1. The first-order valence-electron chi connectivity index (χ1n) is 11.6. The maximum atomic E-state index is 12.5. The normalized spacial score (nSPS) is 18.4. The molecular weight excluding hydrogens is 524 g/mol. The third kappa shape index (κ3) is 3.97. The molecule has 10 heteroatoms. The molecule has 0 amide bonds. The third-order valence-electron chi connectivity index (χ3n) is 6.68. The Morgan fingerprint density at radius 2 is 1.03 bits per heavy atom. The zero-order valence-corrected chi connectivity index (χ0v) is 22.1. The lowest BCUT2D eigenvalue weighted by Gasteiger charge is -2.19. The maximum absolute atomic E-state index is 12.5. The van der Waals surface area contributed by atoms with Crippen LogP contribution in [-0.2, 0) is 20.0 Å². The highest BCUT2D eigenvalue weighted by Crippen LogP contribution is 2.39. The molecule has 0 radical (unpaired) electrons. The molecule has 2 aliphatic heterocycles. The van der Waals surface area contributed by atoms with Crippen LogP contribution in [0.4, 0.5) is 11.4 Å². The highest BCUT2D eigenvalue weighted by atomic mass is 32.2. The number of anilines is 2. The van der Waals surface area contributed by atoms with Crippen molar-refractivity contribution in [1.29, 1.82) is 0 Å². The summed E-state index contributed by atoms with van der Waals surface area (Å²) < 4.78 is 52.5. The summed E-state index contributed by atoms with van der Waals surface area (Å²) in [5.74, 6) is -0.265. The summed E-state index contributed by atoms with van der Waals surface area (Å²) in [7, 11) is -4.36. The standard InChI is InChI=1S/C14H13NO3S.C14H11NO3S/c2*1-15-12-8-4-2-6-10(12)14(16)11-7-3-5-9-13(11)19(15,17)18/h2-9,14,16H,1H3;2-9H,1H3. The fourth-order valence-electron chi connectivity index (χ4n) is 4.63. The van der Waals surface area contributed by atoms with Gasteiger partial charge >= 0.3 is 0 Å². The summed E-state index contributed by atoms with van der Waals surface area (Å²) in [5, 5.41) is 10.5. The van der Waals surface area contributed by atoms with E-state index in [4.69, 9.17) is 0 Å². The summed E-state index contributed by atoms with van der Waals surface area (Å²) in [6.07, 6.45) is -0.938. The van der Waals surface area contributed by atoms with E-state index in [1.165, 1.54) is 30.5 Å². The second kappa shape index (κ2) is 9.39. The molecule has 8 nitrogen and oxygen atoms in total. The number of ketones is 1. The summed E-state index contributed by atoms with van der Waals surface area (Å²) in [6, 6.07) is 26.6. The number of aliphatic hydroxyl groups excluding tert-OH is 1. The van der Waals surface area contributed by atoms with Gasteiger partial charge < -0.3 is 5.11 Å². The van der Waals surface area contributed by atoms with Crippen molar-refractivity contribution in [3.05, 3.63) is 119 Å². The van der Waals surface area contributed by atoms with E-state index in [0.717, 1.165) is 4.31 Å². The van der Waals surface area contributed by atoms with Crippen LogP contribution in [0.25, 0.3) is 0 Å². The lowest BCUT2D eigenvalue weighted by atomic mass is 10.00. The van der Waals surface area contributed by atoms with Crippen LogP contribution in [0, 0.1) is 0 Å². The second-order valence-corrected chi connectivity index (χ2v) is 12.7. The van der Waals surface area contributed by atoms with Crippen molar-refractivity contribution in [3.63, 3.8) is 0 Å². The molecular formula is C28H24N2O6S2. The van der Waals surface area contributed by atoms with Gasteiger partial charge in [-0.25, -0.2) is 16.8 Å². The van der Waals surface area contributed by atoms with Gasteiger partial charge in [0.1, 0.15) is 6.10 Å².